The minimum absolute atomic E-state index is 0.211. The fraction of sp³-hybridized carbons (Fsp3) is 0.556. The molecule has 0 amide bonds. The van der Waals surface area contributed by atoms with Crippen molar-refractivity contribution in [1.82, 2.24) is 19.9 Å². The van der Waals surface area contributed by atoms with Crippen molar-refractivity contribution in [2.24, 2.45) is 0 Å². The van der Waals surface area contributed by atoms with Gasteiger partial charge in [0.25, 0.3) is 0 Å². The Morgan fingerprint density at radius 3 is 2.83 bits per heavy atom. The predicted octanol–water partition coefficient (Wildman–Crippen LogP) is 2.79. The highest BCUT2D eigenvalue weighted by Gasteiger charge is 2.37. The smallest absolute Gasteiger partial charge is 0.123 e. The summed E-state index contributed by atoms with van der Waals surface area (Å²) in [5, 5.41) is 19.4. The van der Waals surface area contributed by atoms with Gasteiger partial charge in [-0.15, -0.1) is 5.10 Å². The number of benzene rings is 1. The molecule has 1 aromatic heterocycles. The lowest BCUT2D eigenvalue weighted by Gasteiger charge is -2.38. The van der Waals surface area contributed by atoms with Gasteiger partial charge in [0.15, 0.2) is 0 Å². The monoisotopic (exact) mass is 332 g/mol. The molecule has 2 heterocycles. The molecule has 130 valence electrons. The number of piperidine rings is 1. The third-order valence-electron chi connectivity index (χ3n) is 4.76. The number of hydrogen-bond donors (Lipinski definition) is 1. The van der Waals surface area contributed by atoms with Crippen LogP contribution in [0.5, 0.6) is 0 Å². The maximum Gasteiger partial charge on any atom is 0.123 e. The predicted molar refractivity (Wildman–Crippen MR) is 90.0 cm³/mol. The van der Waals surface area contributed by atoms with Crippen molar-refractivity contribution in [1.29, 1.82) is 0 Å². The Morgan fingerprint density at radius 1 is 1.38 bits per heavy atom. The van der Waals surface area contributed by atoms with E-state index in [4.69, 9.17) is 0 Å². The van der Waals surface area contributed by atoms with E-state index in [1.165, 1.54) is 6.07 Å². The summed E-state index contributed by atoms with van der Waals surface area (Å²) >= 11 is 0. The highest BCUT2D eigenvalue weighted by molar-refractivity contribution is 5.26. The number of hydrogen-bond acceptors (Lipinski definition) is 4. The van der Waals surface area contributed by atoms with Gasteiger partial charge in [-0.3, -0.25) is 4.90 Å². The number of aryl methyl sites for hydroxylation is 1. The Morgan fingerprint density at radius 2 is 2.17 bits per heavy atom. The molecule has 1 aliphatic heterocycles. The number of β-amino-alcohol motifs (C(OH)–C–C–N with tert-alkyl or cyclic N) is 1. The van der Waals surface area contributed by atoms with Gasteiger partial charge in [-0.1, -0.05) is 11.3 Å². The van der Waals surface area contributed by atoms with Crippen molar-refractivity contribution in [2.45, 2.75) is 51.8 Å². The van der Waals surface area contributed by atoms with Gasteiger partial charge in [0.1, 0.15) is 17.1 Å². The standard InChI is InChI=1S/C18H25FN4O/c1-13(2)23-11-17(20-21-23)18(24)7-4-8-22(12-18)10-15-5-6-16(19)9-14(15)3/h5-6,9,11,13,24H,4,7-8,10,12H2,1-3H3/t18-/m1/s1. The quantitative estimate of drug-likeness (QED) is 0.935. The summed E-state index contributed by atoms with van der Waals surface area (Å²) < 4.78 is 15.0. The summed E-state index contributed by atoms with van der Waals surface area (Å²) in [7, 11) is 0. The van der Waals surface area contributed by atoms with Crippen LogP contribution in [-0.2, 0) is 12.1 Å². The molecule has 0 spiro atoms. The van der Waals surface area contributed by atoms with Crippen LogP contribution < -0.4 is 0 Å². The molecule has 3 rings (SSSR count). The van der Waals surface area contributed by atoms with E-state index in [2.05, 4.69) is 15.2 Å². The normalized spacial score (nSPS) is 22.2. The molecule has 1 N–H and O–H groups in total. The zero-order chi connectivity index (χ0) is 17.3. The Bertz CT molecular complexity index is 715. The number of rotatable bonds is 4. The lowest BCUT2D eigenvalue weighted by Crippen LogP contribution is -2.46. The molecule has 1 aliphatic rings. The number of nitrogens with zero attached hydrogens (tertiary/aromatic N) is 4. The maximum atomic E-state index is 13.3. The zero-order valence-electron chi connectivity index (χ0n) is 14.5. The summed E-state index contributed by atoms with van der Waals surface area (Å²) in [6.07, 6.45) is 3.42. The summed E-state index contributed by atoms with van der Waals surface area (Å²) in [4.78, 5) is 2.21. The van der Waals surface area contributed by atoms with Crippen molar-refractivity contribution < 1.29 is 9.50 Å². The van der Waals surface area contributed by atoms with Crippen molar-refractivity contribution in [2.75, 3.05) is 13.1 Å². The molecule has 0 aliphatic carbocycles. The summed E-state index contributed by atoms with van der Waals surface area (Å²) in [5.74, 6) is -0.211. The Labute approximate surface area is 142 Å². The molecule has 5 nitrogen and oxygen atoms in total. The van der Waals surface area contributed by atoms with E-state index < -0.39 is 5.60 Å². The molecular weight excluding hydrogens is 307 g/mol. The minimum atomic E-state index is -0.973. The van der Waals surface area contributed by atoms with Gasteiger partial charge in [-0.2, -0.15) is 0 Å². The van der Waals surface area contributed by atoms with Crippen molar-refractivity contribution >= 4 is 0 Å². The van der Waals surface area contributed by atoms with Crippen molar-refractivity contribution in [3.63, 3.8) is 0 Å². The van der Waals surface area contributed by atoms with Gasteiger partial charge in [-0.05, 0) is 63.4 Å². The molecule has 24 heavy (non-hydrogen) atoms. The zero-order valence-corrected chi connectivity index (χ0v) is 14.5. The summed E-state index contributed by atoms with van der Waals surface area (Å²) in [6.45, 7) is 8.12. The molecule has 6 heteroatoms. The van der Waals surface area contributed by atoms with Gasteiger partial charge in [0.2, 0.25) is 0 Å². The Kier molecular flexibility index (Phi) is 4.69. The van der Waals surface area contributed by atoms with Gasteiger partial charge >= 0.3 is 0 Å². The highest BCUT2D eigenvalue weighted by atomic mass is 19.1. The third kappa shape index (κ3) is 3.49. The first-order valence-corrected chi connectivity index (χ1v) is 8.49. The molecular formula is C18H25FN4O. The summed E-state index contributed by atoms with van der Waals surface area (Å²) in [5.41, 5.74) is 1.69. The van der Waals surface area contributed by atoms with Gasteiger partial charge in [0, 0.05) is 19.1 Å². The van der Waals surface area contributed by atoms with E-state index in [1.807, 2.05) is 33.0 Å². The highest BCUT2D eigenvalue weighted by Crippen LogP contribution is 2.31. The lowest BCUT2D eigenvalue weighted by atomic mass is 9.89. The largest absolute Gasteiger partial charge is 0.382 e. The van der Waals surface area contributed by atoms with Crippen LogP contribution in [0.2, 0.25) is 0 Å². The number of aliphatic hydroxyl groups is 1. The lowest BCUT2D eigenvalue weighted by molar-refractivity contribution is -0.0415. The number of aromatic nitrogens is 3. The van der Waals surface area contributed by atoms with Crippen LogP contribution in [0.15, 0.2) is 24.4 Å². The molecule has 0 bridgehead atoms. The molecule has 0 radical (unpaired) electrons. The first-order valence-electron chi connectivity index (χ1n) is 8.49. The molecule has 1 fully saturated rings. The van der Waals surface area contributed by atoms with E-state index in [9.17, 15) is 9.50 Å². The SMILES string of the molecule is Cc1cc(F)ccc1CN1CCC[C@](O)(c2cn(C(C)C)nn2)C1. The topological polar surface area (TPSA) is 54.2 Å². The molecule has 2 aromatic rings. The first kappa shape index (κ1) is 17.0. The van der Waals surface area contributed by atoms with E-state index in [0.717, 1.165) is 24.1 Å². The second kappa shape index (κ2) is 6.61. The van der Waals surface area contributed by atoms with E-state index in [-0.39, 0.29) is 11.9 Å². The minimum Gasteiger partial charge on any atom is -0.382 e. The van der Waals surface area contributed by atoms with Crippen molar-refractivity contribution in [3.05, 3.63) is 47.0 Å². The van der Waals surface area contributed by atoms with Crippen LogP contribution in [-0.4, -0.2) is 38.1 Å². The van der Waals surface area contributed by atoms with Crippen LogP contribution in [0.25, 0.3) is 0 Å². The van der Waals surface area contributed by atoms with Crippen LogP contribution in [0.3, 0.4) is 0 Å². The molecule has 1 aromatic carbocycles. The molecule has 0 saturated carbocycles. The van der Waals surface area contributed by atoms with Gasteiger partial charge in [0.05, 0.1) is 6.20 Å². The fourth-order valence-electron chi connectivity index (χ4n) is 3.29. The maximum absolute atomic E-state index is 13.3. The molecule has 1 atom stereocenters. The Hall–Kier alpha value is -1.79. The van der Waals surface area contributed by atoms with E-state index >= 15 is 0 Å². The second-order valence-corrected chi connectivity index (χ2v) is 7.09. The third-order valence-corrected chi connectivity index (χ3v) is 4.76. The van der Waals surface area contributed by atoms with Gasteiger partial charge < -0.3 is 5.11 Å². The van der Waals surface area contributed by atoms with Crippen LogP contribution in [0, 0.1) is 12.7 Å². The number of likely N-dealkylation sites (tertiary alicyclic amines) is 1. The first-order chi connectivity index (χ1) is 11.4. The van der Waals surface area contributed by atoms with Crippen LogP contribution >= 0.6 is 0 Å². The number of halogens is 1. The second-order valence-electron chi connectivity index (χ2n) is 7.09. The van der Waals surface area contributed by atoms with E-state index in [1.54, 1.807) is 10.7 Å². The molecule has 0 unspecified atom stereocenters. The molecule has 1 saturated heterocycles. The average molecular weight is 332 g/mol. The van der Waals surface area contributed by atoms with Gasteiger partial charge in [-0.25, -0.2) is 9.07 Å². The van der Waals surface area contributed by atoms with E-state index in [0.29, 0.717) is 25.2 Å². The van der Waals surface area contributed by atoms with Crippen LogP contribution in [0.1, 0.15) is 49.6 Å². The Balaban J connectivity index is 1.75. The fourth-order valence-corrected chi connectivity index (χ4v) is 3.29. The average Bonchev–Trinajstić information content (AvgIpc) is 3.01. The summed E-state index contributed by atoms with van der Waals surface area (Å²) in [6, 6.07) is 5.09. The van der Waals surface area contributed by atoms with Crippen LogP contribution in [0.4, 0.5) is 4.39 Å². The van der Waals surface area contributed by atoms with Crippen molar-refractivity contribution in [3.8, 4) is 0 Å².